The Balaban J connectivity index is 2.11. The molecule has 0 bridgehead atoms. The average Bonchev–Trinajstić information content (AvgIpc) is 2.47. The number of benzene rings is 2. The maximum absolute atomic E-state index is 12.0. The Morgan fingerprint density at radius 2 is 1.76 bits per heavy atom. The molecule has 0 radical (unpaired) electrons. The van der Waals surface area contributed by atoms with Crippen molar-refractivity contribution in [2.75, 3.05) is 17.7 Å². The third-order valence-electron chi connectivity index (χ3n) is 2.73. The van der Waals surface area contributed by atoms with E-state index in [0.29, 0.717) is 22.0 Å². The smallest absolute Gasteiger partial charge is 0.323 e. The molecule has 0 aliphatic rings. The monoisotopic (exact) mass is 303 g/mol. The van der Waals surface area contributed by atoms with Gasteiger partial charge in [-0.05, 0) is 30.3 Å². The van der Waals surface area contributed by atoms with Crippen LogP contribution in [-0.4, -0.2) is 19.0 Å². The second-order valence-corrected chi connectivity index (χ2v) is 4.65. The van der Waals surface area contributed by atoms with E-state index in [4.69, 9.17) is 11.6 Å². The third kappa shape index (κ3) is 3.97. The number of urea groups is 1. The molecule has 0 saturated carbocycles. The molecule has 0 heterocycles. The molecule has 108 valence electrons. The van der Waals surface area contributed by atoms with E-state index < -0.39 is 6.03 Å². The van der Waals surface area contributed by atoms with Gasteiger partial charge in [0, 0.05) is 17.8 Å². The summed E-state index contributed by atoms with van der Waals surface area (Å²) in [4.78, 5) is 23.7. The van der Waals surface area contributed by atoms with Crippen molar-refractivity contribution < 1.29 is 9.59 Å². The van der Waals surface area contributed by atoms with Crippen LogP contribution in [0.5, 0.6) is 0 Å². The van der Waals surface area contributed by atoms with Crippen molar-refractivity contribution in [1.29, 1.82) is 0 Å². The van der Waals surface area contributed by atoms with Crippen LogP contribution in [0.1, 0.15) is 10.4 Å². The van der Waals surface area contributed by atoms with Gasteiger partial charge in [-0.25, -0.2) is 4.79 Å². The van der Waals surface area contributed by atoms with Crippen LogP contribution >= 0.6 is 11.6 Å². The molecule has 0 aliphatic heterocycles. The predicted octanol–water partition coefficient (Wildman–Crippen LogP) is 3.34. The number of carbonyl (C=O) groups is 2. The fourth-order valence-electron chi connectivity index (χ4n) is 1.78. The predicted molar refractivity (Wildman–Crippen MR) is 83.9 cm³/mol. The van der Waals surface area contributed by atoms with Gasteiger partial charge >= 0.3 is 6.03 Å². The molecule has 0 fully saturated rings. The first-order valence-corrected chi connectivity index (χ1v) is 6.62. The van der Waals surface area contributed by atoms with Crippen LogP contribution < -0.4 is 16.0 Å². The first-order valence-electron chi connectivity index (χ1n) is 6.25. The van der Waals surface area contributed by atoms with Crippen LogP contribution in [0.3, 0.4) is 0 Å². The Labute approximate surface area is 127 Å². The molecule has 2 aromatic carbocycles. The first kappa shape index (κ1) is 14.9. The minimum absolute atomic E-state index is 0.270. The lowest BCUT2D eigenvalue weighted by Gasteiger charge is -2.11. The Hall–Kier alpha value is -2.53. The molecule has 6 heteroatoms. The maximum atomic E-state index is 12.0. The quantitative estimate of drug-likeness (QED) is 0.814. The van der Waals surface area contributed by atoms with E-state index in [0.717, 1.165) is 0 Å². The SMILES string of the molecule is CNC(=O)c1ccccc1NC(=O)Nc1cccc(Cl)c1. The highest BCUT2D eigenvalue weighted by molar-refractivity contribution is 6.30. The lowest BCUT2D eigenvalue weighted by molar-refractivity contribution is 0.0964. The topological polar surface area (TPSA) is 70.2 Å². The van der Waals surface area contributed by atoms with E-state index in [1.54, 1.807) is 48.5 Å². The Morgan fingerprint density at radius 3 is 2.48 bits per heavy atom. The van der Waals surface area contributed by atoms with E-state index in [2.05, 4.69) is 16.0 Å². The van der Waals surface area contributed by atoms with Gasteiger partial charge in [-0.15, -0.1) is 0 Å². The average molecular weight is 304 g/mol. The lowest BCUT2D eigenvalue weighted by atomic mass is 10.1. The van der Waals surface area contributed by atoms with Gasteiger partial charge < -0.3 is 16.0 Å². The number of hydrogen-bond donors (Lipinski definition) is 3. The summed E-state index contributed by atoms with van der Waals surface area (Å²) in [6.45, 7) is 0. The van der Waals surface area contributed by atoms with Crippen LogP contribution in [0.25, 0.3) is 0 Å². The number of carbonyl (C=O) groups excluding carboxylic acids is 2. The van der Waals surface area contributed by atoms with Gasteiger partial charge in [0.25, 0.3) is 5.91 Å². The summed E-state index contributed by atoms with van der Waals surface area (Å²) >= 11 is 5.85. The number of hydrogen-bond acceptors (Lipinski definition) is 2. The highest BCUT2D eigenvalue weighted by Crippen LogP contribution is 2.17. The van der Waals surface area contributed by atoms with Crippen molar-refractivity contribution in [2.24, 2.45) is 0 Å². The number of amides is 3. The Kier molecular flexibility index (Phi) is 4.79. The number of anilines is 2. The van der Waals surface area contributed by atoms with Crippen LogP contribution in [0.15, 0.2) is 48.5 Å². The number of rotatable bonds is 3. The minimum atomic E-state index is -0.450. The fraction of sp³-hybridized carbons (Fsp3) is 0.0667. The highest BCUT2D eigenvalue weighted by Gasteiger charge is 2.11. The maximum Gasteiger partial charge on any atom is 0.323 e. The van der Waals surface area contributed by atoms with Crippen molar-refractivity contribution in [3.05, 3.63) is 59.1 Å². The van der Waals surface area contributed by atoms with Crippen LogP contribution in [0.2, 0.25) is 5.02 Å². The molecule has 0 spiro atoms. The molecule has 0 atom stereocenters. The van der Waals surface area contributed by atoms with E-state index in [1.807, 2.05) is 0 Å². The standard InChI is InChI=1S/C15H14ClN3O2/c1-17-14(20)12-7-2-3-8-13(12)19-15(21)18-11-6-4-5-10(16)9-11/h2-9H,1H3,(H,17,20)(H2,18,19,21). The van der Waals surface area contributed by atoms with Crippen molar-refractivity contribution in [3.63, 3.8) is 0 Å². The van der Waals surface area contributed by atoms with E-state index in [1.165, 1.54) is 7.05 Å². The van der Waals surface area contributed by atoms with Gasteiger partial charge in [0.2, 0.25) is 0 Å². The number of nitrogens with one attached hydrogen (secondary N) is 3. The minimum Gasteiger partial charge on any atom is -0.355 e. The molecular formula is C15H14ClN3O2. The zero-order valence-corrected chi connectivity index (χ0v) is 12.1. The van der Waals surface area contributed by atoms with Crippen LogP contribution in [-0.2, 0) is 0 Å². The van der Waals surface area contributed by atoms with Crippen LogP contribution in [0, 0.1) is 0 Å². The van der Waals surface area contributed by atoms with Gasteiger partial charge in [-0.1, -0.05) is 29.8 Å². The molecular weight excluding hydrogens is 290 g/mol. The third-order valence-corrected chi connectivity index (χ3v) is 2.96. The zero-order chi connectivity index (χ0) is 15.2. The molecule has 0 aromatic heterocycles. The van der Waals surface area contributed by atoms with Crippen LogP contribution in [0.4, 0.5) is 16.2 Å². The second-order valence-electron chi connectivity index (χ2n) is 4.21. The normalized spacial score (nSPS) is 9.81. The summed E-state index contributed by atoms with van der Waals surface area (Å²) in [5.74, 6) is -0.270. The van der Waals surface area contributed by atoms with E-state index >= 15 is 0 Å². The second kappa shape index (κ2) is 6.76. The lowest BCUT2D eigenvalue weighted by Crippen LogP contribution is -2.24. The largest absolute Gasteiger partial charge is 0.355 e. The molecule has 2 aromatic rings. The van der Waals surface area contributed by atoms with Gasteiger partial charge in [0.15, 0.2) is 0 Å². The van der Waals surface area contributed by atoms with E-state index in [9.17, 15) is 9.59 Å². The fourth-order valence-corrected chi connectivity index (χ4v) is 1.97. The Morgan fingerprint density at radius 1 is 1.00 bits per heavy atom. The molecule has 3 N–H and O–H groups in total. The van der Waals surface area contributed by atoms with Gasteiger partial charge in [-0.3, -0.25) is 4.79 Å². The summed E-state index contributed by atoms with van der Waals surface area (Å²) in [5.41, 5.74) is 1.38. The highest BCUT2D eigenvalue weighted by atomic mass is 35.5. The molecule has 21 heavy (non-hydrogen) atoms. The summed E-state index contributed by atoms with van der Waals surface area (Å²) in [6.07, 6.45) is 0. The van der Waals surface area contributed by atoms with Gasteiger partial charge in [0.1, 0.15) is 0 Å². The molecule has 2 rings (SSSR count). The summed E-state index contributed by atoms with van der Waals surface area (Å²) < 4.78 is 0. The first-order chi connectivity index (χ1) is 10.1. The molecule has 5 nitrogen and oxygen atoms in total. The van der Waals surface area contributed by atoms with Gasteiger partial charge in [0.05, 0.1) is 11.3 Å². The summed E-state index contributed by atoms with van der Waals surface area (Å²) in [7, 11) is 1.53. The molecule has 0 aliphatic carbocycles. The summed E-state index contributed by atoms with van der Waals surface area (Å²) in [6, 6.07) is 13.1. The number of halogens is 1. The molecule has 0 saturated heterocycles. The van der Waals surface area contributed by atoms with Crippen molar-refractivity contribution >= 4 is 34.9 Å². The van der Waals surface area contributed by atoms with Gasteiger partial charge in [-0.2, -0.15) is 0 Å². The van der Waals surface area contributed by atoms with E-state index in [-0.39, 0.29) is 5.91 Å². The summed E-state index contributed by atoms with van der Waals surface area (Å²) in [5, 5.41) is 8.34. The zero-order valence-electron chi connectivity index (χ0n) is 11.3. The van der Waals surface area contributed by atoms with Crippen molar-refractivity contribution in [3.8, 4) is 0 Å². The number of para-hydroxylation sites is 1. The molecule has 0 unspecified atom stereocenters. The Bertz CT molecular complexity index is 673. The van der Waals surface area contributed by atoms with Crippen molar-refractivity contribution in [2.45, 2.75) is 0 Å². The van der Waals surface area contributed by atoms with Crippen molar-refractivity contribution in [1.82, 2.24) is 5.32 Å². The molecule has 3 amide bonds.